The minimum absolute atomic E-state index is 0.0153. The molecular formula is C21H26N2O2. The fourth-order valence-electron chi connectivity index (χ4n) is 4.29. The summed E-state index contributed by atoms with van der Waals surface area (Å²) in [5.41, 5.74) is 6.68. The van der Waals surface area contributed by atoms with E-state index in [1.165, 1.54) is 16.8 Å². The van der Waals surface area contributed by atoms with Crippen LogP contribution < -0.4 is 4.90 Å². The molecule has 25 heavy (non-hydrogen) atoms. The third-order valence-electron chi connectivity index (χ3n) is 5.39. The first-order valence-corrected chi connectivity index (χ1v) is 9.13. The molecule has 0 saturated carbocycles. The van der Waals surface area contributed by atoms with Gasteiger partial charge in [0, 0.05) is 42.0 Å². The molecule has 1 aliphatic carbocycles. The van der Waals surface area contributed by atoms with Crippen LogP contribution in [0.1, 0.15) is 41.9 Å². The number of morpholine rings is 1. The lowest BCUT2D eigenvalue weighted by Crippen LogP contribution is -2.36. The van der Waals surface area contributed by atoms with Crippen LogP contribution in [0.15, 0.2) is 24.3 Å². The molecule has 0 atom stereocenters. The molecule has 1 saturated heterocycles. The van der Waals surface area contributed by atoms with Gasteiger partial charge in [-0.2, -0.15) is 0 Å². The van der Waals surface area contributed by atoms with Crippen LogP contribution in [0.3, 0.4) is 0 Å². The Morgan fingerprint density at radius 2 is 1.84 bits per heavy atom. The first kappa shape index (κ1) is 16.4. The van der Waals surface area contributed by atoms with Gasteiger partial charge in [0.25, 0.3) is 0 Å². The second-order valence-corrected chi connectivity index (χ2v) is 8.04. The minimum atomic E-state index is 0.0153. The number of ether oxygens (including phenoxy) is 1. The Bertz CT molecular complexity index is 813. The molecule has 2 aliphatic rings. The largest absolute Gasteiger partial charge is 0.378 e. The van der Waals surface area contributed by atoms with Crippen LogP contribution in [0.4, 0.5) is 5.69 Å². The molecule has 0 unspecified atom stereocenters. The van der Waals surface area contributed by atoms with Gasteiger partial charge in [0.2, 0.25) is 0 Å². The summed E-state index contributed by atoms with van der Waals surface area (Å²) in [5.74, 6) is 0.273. The average molecular weight is 338 g/mol. The van der Waals surface area contributed by atoms with Crippen LogP contribution in [-0.2, 0) is 11.2 Å². The van der Waals surface area contributed by atoms with Crippen molar-refractivity contribution in [2.24, 2.45) is 5.41 Å². The number of hydrogen-bond donors (Lipinski definition) is 1. The Kier molecular flexibility index (Phi) is 3.95. The van der Waals surface area contributed by atoms with Gasteiger partial charge in [0.1, 0.15) is 0 Å². The molecule has 4 nitrogen and oxygen atoms in total. The van der Waals surface area contributed by atoms with E-state index < -0.39 is 0 Å². The highest BCUT2D eigenvalue weighted by atomic mass is 16.5. The number of nitrogens with one attached hydrogen (secondary N) is 1. The van der Waals surface area contributed by atoms with E-state index in [1.54, 1.807) is 0 Å². The van der Waals surface area contributed by atoms with Crippen LogP contribution in [0, 0.1) is 12.3 Å². The molecular weight excluding hydrogens is 312 g/mol. The fraction of sp³-hybridized carbons (Fsp3) is 0.476. The number of Topliss-reactive ketones (excluding diaryl/α,β-unsaturated/α-hetero) is 1. The highest BCUT2D eigenvalue weighted by Crippen LogP contribution is 2.43. The summed E-state index contributed by atoms with van der Waals surface area (Å²) in [5, 5.41) is 0. The number of para-hydroxylation sites is 1. The van der Waals surface area contributed by atoms with Crippen molar-refractivity contribution in [1.29, 1.82) is 0 Å². The normalized spacial score (nSPS) is 19.8. The molecule has 4 rings (SSSR count). The summed E-state index contributed by atoms with van der Waals surface area (Å²) in [7, 11) is 0. The zero-order chi connectivity index (χ0) is 17.6. The maximum absolute atomic E-state index is 12.7. The number of hydrogen-bond acceptors (Lipinski definition) is 3. The molecule has 1 aromatic carbocycles. The van der Waals surface area contributed by atoms with E-state index in [1.807, 2.05) is 6.92 Å². The highest BCUT2D eigenvalue weighted by molar-refractivity contribution is 6.02. The number of H-pyrrole nitrogens is 1. The SMILES string of the molecule is Cc1[nH]c(-c2ccccc2N2CCOCC2)c2c1C(=O)CC(C)(C)C2. The van der Waals surface area contributed by atoms with Gasteiger partial charge >= 0.3 is 0 Å². The number of rotatable bonds is 2. The van der Waals surface area contributed by atoms with Crippen molar-refractivity contribution in [1.82, 2.24) is 4.98 Å². The van der Waals surface area contributed by atoms with Crippen molar-refractivity contribution >= 4 is 11.5 Å². The molecule has 0 bridgehead atoms. The molecule has 1 fully saturated rings. The number of aryl methyl sites for hydroxylation is 1. The summed E-state index contributed by atoms with van der Waals surface area (Å²) in [6, 6.07) is 8.52. The van der Waals surface area contributed by atoms with E-state index >= 15 is 0 Å². The van der Waals surface area contributed by atoms with E-state index in [-0.39, 0.29) is 11.2 Å². The van der Waals surface area contributed by atoms with Crippen LogP contribution in [0.2, 0.25) is 0 Å². The average Bonchev–Trinajstić information content (AvgIpc) is 2.91. The zero-order valence-electron chi connectivity index (χ0n) is 15.3. The van der Waals surface area contributed by atoms with Crippen molar-refractivity contribution in [3.05, 3.63) is 41.1 Å². The number of ketones is 1. The lowest BCUT2D eigenvalue weighted by molar-refractivity contribution is 0.0912. The smallest absolute Gasteiger partial charge is 0.165 e. The zero-order valence-corrected chi connectivity index (χ0v) is 15.3. The Labute approximate surface area is 149 Å². The number of anilines is 1. The third-order valence-corrected chi connectivity index (χ3v) is 5.39. The molecule has 132 valence electrons. The number of aromatic nitrogens is 1. The number of carbonyl (C=O) groups excluding carboxylic acids is 1. The molecule has 1 aromatic heterocycles. The molecule has 1 aliphatic heterocycles. The molecule has 2 aromatic rings. The number of benzene rings is 1. The minimum Gasteiger partial charge on any atom is -0.378 e. The lowest BCUT2D eigenvalue weighted by atomic mass is 9.73. The molecule has 4 heteroatoms. The maximum Gasteiger partial charge on any atom is 0.165 e. The van der Waals surface area contributed by atoms with Crippen molar-refractivity contribution in [2.45, 2.75) is 33.6 Å². The summed E-state index contributed by atoms with van der Waals surface area (Å²) >= 11 is 0. The van der Waals surface area contributed by atoms with Gasteiger partial charge < -0.3 is 14.6 Å². The Morgan fingerprint density at radius 3 is 2.60 bits per heavy atom. The van der Waals surface area contributed by atoms with Gasteiger partial charge in [-0.3, -0.25) is 4.79 Å². The number of nitrogens with zero attached hydrogens (tertiary/aromatic N) is 1. The Hall–Kier alpha value is -2.07. The lowest BCUT2D eigenvalue weighted by Gasteiger charge is -2.32. The maximum atomic E-state index is 12.7. The number of aromatic amines is 1. The molecule has 0 amide bonds. The predicted molar refractivity (Wildman–Crippen MR) is 100 cm³/mol. The molecule has 1 N–H and O–H groups in total. The monoisotopic (exact) mass is 338 g/mol. The Balaban J connectivity index is 1.84. The van der Waals surface area contributed by atoms with E-state index in [0.717, 1.165) is 49.7 Å². The van der Waals surface area contributed by atoms with Gasteiger partial charge in [-0.15, -0.1) is 0 Å². The van der Waals surface area contributed by atoms with Crippen molar-refractivity contribution in [3.8, 4) is 11.3 Å². The fourth-order valence-corrected chi connectivity index (χ4v) is 4.29. The highest BCUT2D eigenvalue weighted by Gasteiger charge is 2.35. The predicted octanol–water partition coefficient (Wildman–Crippen LogP) is 3.98. The van der Waals surface area contributed by atoms with E-state index in [0.29, 0.717) is 6.42 Å². The number of fused-ring (bicyclic) bond motifs is 1. The van der Waals surface area contributed by atoms with Crippen LogP contribution in [0.25, 0.3) is 11.3 Å². The quantitative estimate of drug-likeness (QED) is 0.901. The standard InChI is InChI=1S/C21H26N2O2/c1-14-19-16(12-21(2,3)13-18(19)24)20(22-14)15-6-4-5-7-17(15)23-8-10-25-11-9-23/h4-7,22H,8-13H2,1-3H3. The van der Waals surface area contributed by atoms with E-state index in [4.69, 9.17) is 4.74 Å². The van der Waals surface area contributed by atoms with Gasteiger partial charge in [-0.1, -0.05) is 32.0 Å². The molecule has 2 heterocycles. The van der Waals surface area contributed by atoms with Crippen LogP contribution in [0.5, 0.6) is 0 Å². The van der Waals surface area contributed by atoms with Crippen molar-refractivity contribution in [3.63, 3.8) is 0 Å². The van der Waals surface area contributed by atoms with Gasteiger partial charge in [-0.05, 0) is 30.4 Å². The Morgan fingerprint density at radius 1 is 1.12 bits per heavy atom. The second-order valence-electron chi connectivity index (χ2n) is 8.04. The summed E-state index contributed by atoms with van der Waals surface area (Å²) in [6.07, 6.45) is 1.56. The third kappa shape index (κ3) is 2.89. The summed E-state index contributed by atoms with van der Waals surface area (Å²) < 4.78 is 5.51. The van der Waals surface area contributed by atoms with Gasteiger partial charge in [-0.25, -0.2) is 0 Å². The van der Waals surface area contributed by atoms with E-state index in [9.17, 15) is 4.79 Å². The first-order valence-electron chi connectivity index (χ1n) is 9.13. The van der Waals surface area contributed by atoms with Crippen LogP contribution in [-0.4, -0.2) is 37.1 Å². The van der Waals surface area contributed by atoms with Crippen LogP contribution >= 0.6 is 0 Å². The first-order chi connectivity index (χ1) is 12.0. The summed E-state index contributed by atoms with van der Waals surface area (Å²) in [6.45, 7) is 9.74. The number of carbonyl (C=O) groups is 1. The molecule has 0 radical (unpaired) electrons. The summed E-state index contributed by atoms with van der Waals surface area (Å²) in [4.78, 5) is 18.6. The topological polar surface area (TPSA) is 45.3 Å². The van der Waals surface area contributed by atoms with Crippen molar-refractivity contribution in [2.75, 3.05) is 31.2 Å². The van der Waals surface area contributed by atoms with Crippen molar-refractivity contribution < 1.29 is 9.53 Å². The second kappa shape index (κ2) is 6.03. The van der Waals surface area contributed by atoms with E-state index in [2.05, 4.69) is 48.0 Å². The van der Waals surface area contributed by atoms with Gasteiger partial charge in [0.05, 0.1) is 18.9 Å². The van der Waals surface area contributed by atoms with Gasteiger partial charge in [0.15, 0.2) is 5.78 Å². The molecule has 0 spiro atoms.